The number of hydrogen-bond donors (Lipinski definition) is 1. The highest BCUT2D eigenvalue weighted by Crippen LogP contribution is 2.39. The van der Waals surface area contributed by atoms with E-state index in [-0.39, 0.29) is 21.4 Å². The molecule has 3 aromatic rings. The van der Waals surface area contributed by atoms with E-state index in [4.69, 9.17) is 27.9 Å². The van der Waals surface area contributed by atoms with Crippen molar-refractivity contribution in [3.05, 3.63) is 64.6 Å². The van der Waals surface area contributed by atoms with Gasteiger partial charge in [-0.1, -0.05) is 47.5 Å². The molecular formula is C18H13Cl2NO4S. The molecule has 0 unspecified atom stereocenters. The van der Waals surface area contributed by atoms with Crippen LogP contribution in [0.25, 0.3) is 10.8 Å². The number of anilines is 1. The van der Waals surface area contributed by atoms with Crippen molar-refractivity contribution in [3.8, 4) is 5.75 Å². The molecule has 5 nitrogen and oxygen atoms in total. The SMILES string of the molecule is CC(=O)Oc1c(Cl)cc(NS(=O)(=O)c2ccc(Cl)cc2)c2ccccc12. The Morgan fingerprint density at radius 2 is 1.62 bits per heavy atom. The minimum atomic E-state index is -3.85. The number of ether oxygens (including phenoxy) is 1. The van der Waals surface area contributed by atoms with Crippen molar-refractivity contribution in [3.63, 3.8) is 0 Å². The van der Waals surface area contributed by atoms with Gasteiger partial charge in [-0.3, -0.25) is 9.52 Å². The fourth-order valence-electron chi connectivity index (χ4n) is 2.46. The lowest BCUT2D eigenvalue weighted by molar-refractivity contribution is -0.131. The van der Waals surface area contributed by atoms with Gasteiger partial charge < -0.3 is 4.74 Å². The number of fused-ring (bicyclic) bond motifs is 1. The Hall–Kier alpha value is -2.28. The lowest BCUT2D eigenvalue weighted by atomic mass is 10.1. The van der Waals surface area contributed by atoms with Crippen molar-refractivity contribution in [2.24, 2.45) is 0 Å². The standard InChI is InChI=1S/C18H13Cl2NO4S/c1-11(22)25-18-15-5-3-2-4-14(15)17(10-16(18)20)21-26(23,24)13-8-6-12(19)7-9-13/h2-10,21H,1H3. The summed E-state index contributed by atoms with van der Waals surface area (Å²) in [5.41, 5.74) is 0.274. The van der Waals surface area contributed by atoms with Gasteiger partial charge in [0.05, 0.1) is 15.6 Å². The summed E-state index contributed by atoms with van der Waals surface area (Å²) in [6.45, 7) is 1.27. The molecule has 0 radical (unpaired) electrons. The van der Waals surface area contributed by atoms with Crippen molar-refractivity contribution in [2.75, 3.05) is 4.72 Å². The maximum absolute atomic E-state index is 12.6. The lowest BCUT2D eigenvalue weighted by Crippen LogP contribution is -2.13. The molecule has 0 aliphatic heterocycles. The number of rotatable bonds is 4. The summed E-state index contributed by atoms with van der Waals surface area (Å²) >= 11 is 12.0. The molecule has 0 saturated carbocycles. The normalized spacial score (nSPS) is 11.3. The van der Waals surface area contributed by atoms with E-state index in [0.717, 1.165) is 0 Å². The second-order valence-corrected chi connectivity index (χ2v) is 7.96. The molecule has 0 heterocycles. The molecule has 0 saturated heterocycles. The molecule has 0 aliphatic rings. The topological polar surface area (TPSA) is 72.5 Å². The zero-order chi connectivity index (χ0) is 18.9. The highest BCUT2D eigenvalue weighted by Gasteiger charge is 2.19. The summed E-state index contributed by atoms with van der Waals surface area (Å²) in [5, 5.41) is 1.62. The molecule has 3 rings (SSSR count). The fraction of sp³-hybridized carbons (Fsp3) is 0.0556. The van der Waals surface area contributed by atoms with Crippen LogP contribution in [-0.4, -0.2) is 14.4 Å². The summed E-state index contributed by atoms with van der Waals surface area (Å²) in [7, 11) is -3.85. The molecule has 3 aromatic carbocycles. The third-order valence-electron chi connectivity index (χ3n) is 3.56. The smallest absolute Gasteiger partial charge is 0.308 e. The first-order valence-electron chi connectivity index (χ1n) is 7.46. The quantitative estimate of drug-likeness (QED) is 0.492. The van der Waals surface area contributed by atoms with Crippen molar-refractivity contribution < 1.29 is 17.9 Å². The maximum atomic E-state index is 12.6. The van der Waals surface area contributed by atoms with Crippen LogP contribution in [-0.2, 0) is 14.8 Å². The van der Waals surface area contributed by atoms with Gasteiger partial charge in [-0.25, -0.2) is 8.42 Å². The van der Waals surface area contributed by atoms with Gasteiger partial charge in [0.2, 0.25) is 0 Å². The fourth-order valence-corrected chi connectivity index (χ4v) is 3.91. The van der Waals surface area contributed by atoms with Crippen LogP contribution in [0.2, 0.25) is 10.0 Å². The number of benzene rings is 3. The Morgan fingerprint density at radius 1 is 1.00 bits per heavy atom. The average molecular weight is 410 g/mol. The predicted octanol–water partition coefficient (Wildman–Crippen LogP) is 4.87. The van der Waals surface area contributed by atoms with Gasteiger partial charge in [-0.2, -0.15) is 0 Å². The van der Waals surface area contributed by atoms with Gasteiger partial charge >= 0.3 is 5.97 Å². The first-order valence-corrected chi connectivity index (χ1v) is 9.70. The molecular weight excluding hydrogens is 397 g/mol. The van der Waals surface area contributed by atoms with E-state index in [1.54, 1.807) is 24.3 Å². The molecule has 8 heteroatoms. The molecule has 0 aliphatic carbocycles. The van der Waals surface area contributed by atoms with Crippen molar-refractivity contribution in [1.82, 2.24) is 0 Å². The van der Waals surface area contributed by atoms with Crippen LogP contribution < -0.4 is 9.46 Å². The molecule has 0 aromatic heterocycles. The van der Waals surface area contributed by atoms with E-state index < -0.39 is 16.0 Å². The number of nitrogens with one attached hydrogen (secondary N) is 1. The monoisotopic (exact) mass is 409 g/mol. The maximum Gasteiger partial charge on any atom is 0.308 e. The minimum Gasteiger partial charge on any atom is -0.424 e. The lowest BCUT2D eigenvalue weighted by Gasteiger charge is -2.14. The van der Waals surface area contributed by atoms with E-state index in [9.17, 15) is 13.2 Å². The van der Waals surface area contributed by atoms with Gasteiger partial charge in [-0.15, -0.1) is 0 Å². The van der Waals surface area contributed by atoms with Gasteiger partial charge in [-0.05, 0) is 30.3 Å². The average Bonchev–Trinajstić information content (AvgIpc) is 2.58. The summed E-state index contributed by atoms with van der Waals surface area (Å²) < 4.78 is 33.0. The van der Waals surface area contributed by atoms with Crippen LogP contribution in [0.5, 0.6) is 5.75 Å². The van der Waals surface area contributed by atoms with Crippen LogP contribution in [0.15, 0.2) is 59.5 Å². The molecule has 1 N–H and O–H groups in total. The van der Waals surface area contributed by atoms with Crippen LogP contribution in [0, 0.1) is 0 Å². The van der Waals surface area contributed by atoms with E-state index >= 15 is 0 Å². The Morgan fingerprint density at radius 3 is 2.23 bits per heavy atom. The summed E-state index contributed by atoms with van der Waals surface area (Å²) in [5.74, 6) is -0.337. The van der Waals surface area contributed by atoms with Crippen LogP contribution >= 0.6 is 23.2 Å². The minimum absolute atomic E-state index is 0.0613. The predicted molar refractivity (Wildman–Crippen MR) is 103 cm³/mol. The zero-order valence-electron chi connectivity index (χ0n) is 13.5. The largest absolute Gasteiger partial charge is 0.424 e. The summed E-state index contributed by atoms with van der Waals surface area (Å²) in [6, 6.07) is 14.1. The zero-order valence-corrected chi connectivity index (χ0v) is 15.8. The number of halogens is 2. The second kappa shape index (κ2) is 7.15. The molecule has 0 atom stereocenters. The molecule has 134 valence electrons. The highest BCUT2D eigenvalue weighted by atomic mass is 35.5. The van der Waals surface area contributed by atoms with Crippen LogP contribution in [0.4, 0.5) is 5.69 Å². The van der Waals surface area contributed by atoms with Crippen molar-refractivity contribution in [2.45, 2.75) is 11.8 Å². The second-order valence-electron chi connectivity index (χ2n) is 5.43. The number of esters is 1. The van der Waals surface area contributed by atoms with E-state index in [1.807, 2.05) is 0 Å². The molecule has 0 amide bonds. The summed E-state index contributed by atoms with van der Waals surface area (Å²) in [6.07, 6.45) is 0. The molecule has 0 bridgehead atoms. The Bertz CT molecular complexity index is 1100. The molecule has 26 heavy (non-hydrogen) atoms. The first-order chi connectivity index (χ1) is 12.3. The van der Waals surface area contributed by atoms with Crippen molar-refractivity contribution in [1.29, 1.82) is 0 Å². The third-order valence-corrected chi connectivity index (χ3v) is 5.48. The number of sulfonamides is 1. The molecule has 0 spiro atoms. The Labute approximate surface area is 160 Å². The van der Waals surface area contributed by atoms with Gasteiger partial charge in [0.15, 0.2) is 5.75 Å². The summed E-state index contributed by atoms with van der Waals surface area (Å²) in [4.78, 5) is 11.4. The van der Waals surface area contributed by atoms with E-state index in [2.05, 4.69) is 4.72 Å². The van der Waals surface area contributed by atoms with Crippen LogP contribution in [0.3, 0.4) is 0 Å². The van der Waals surface area contributed by atoms with Gasteiger partial charge in [0, 0.05) is 22.7 Å². The first kappa shape index (κ1) is 18.5. The van der Waals surface area contributed by atoms with E-state index in [0.29, 0.717) is 15.8 Å². The van der Waals surface area contributed by atoms with Crippen LogP contribution in [0.1, 0.15) is 6.92 Å². The highest BCUT2D eigenvalue weighted by molar-refractivity contribution is 7.92. The van der Waals surface area contributed by atoms with E-state index in [1.165, 1.54) is 37.3 Å². The Kier molecular flexibility index (Phi) is 5.09. The number of carbonyl (C=O) groups excluding carboxylic acids is 1. The van der Waals surface area contributed by atoms with Crippen molar-refractivity contribution >= 4 is 55.7 Å². The number of carbonyl (C=O) groups is 1. The Balaban J connectivity index is 2.11. The molecule has 0 fully saturated rings. The van der Waals surface area contributed by atoms with Gasteiger partial charge in [0.25, 0.3) is 10.0 Å². The number of hydrogen-bond acceptors (Lipinski definition) is 4. The van der Waals surface area contributed by atoms with Gasteiger partial charge in [0.1, 0.15) is 0 Å². The third kappa shape index (κ3) is 3.77.